The van der Waals surface area contributed by atoms with E-state index in [0.29, 0.717) is 5.75 Å². The van der Waals surface area contributed by atoms with Crippen molar-refractivity contribution < 1.29 is 9.59 Å². The average molecular weight is 332 g/mol. The molecule has 0 aliphatic heterocycles. The highest BCUT2D eigenvalue weighted by Crippen LogP contribution is 2.11. The Balaban J connectivity index is 4.10. The summed E-state index contributed by atoms with van der Waals surface area (Å²) >= 11 is 7.18. The number of thioether (sulfide) groups is 1. The van der Waals surface area contributed by atoms with E-state index in [9.17, 15) is 9.59 Å². The lowest BCUT2D eigenvalue weighted by molar-refractivity contribution is -0.124. The highest BCUT2D eigenvalue weighted by molar-refractivity contribution is 7.99. The predicted octanol–water partition coefficient (Wildman–Crippen LogP) is 3.72. The van der Waals surface area contributed by atoms with Gasteiger partial charge >= 0.3 is 0 Å². The summed E-state index contributed by atoms with van der Waals surface area (Å²) in [4.78, 5) is 22.7. The van der Waals surface area contributed by atoms with Crippen molar-refractivity contribution in [2.75, 3.05) is 17.4 Å². The van der Waals surface area contributed by atoms with Crippen LogP contribution in [0.3, 0.4) is 0 Å². The maximum absolute atomic E-state index is 11.6. The first-order chi connectivity index (χ1) is 9.86. The fourth-order valence-corrected chi connectivity index (χ4v) is 2.86. The molecule has 0 saturated carbocycles. The smallest absolute Gasteiger partial charge is 0.217 e. The quantitative estimate of drug-likeness (QED) is 0.377. The maximum atomic E-state index is 11.6. The summed E-state index contributed by atoms with van der Waals surface area (Å²) in [5, 5.41) is 2.64. The van der Waals surface area contributed by atoms with Crippen molar-refractivity contribution in [2.45, 2.75) is 46.6 Å². The third-order valence-corrected chi connectivity index (χ3v) is 4.06. The van der Waals surface area contributed by atoms with Crippen LogP contribution in [0.25, 0.3) is 0 Å². The van der Waals surface area contributed by atoms with E-state index in [2.05, 4.69) is 38.2 Å². The number of halogens is 1. The van der Waals surface area contributed by atoms with Crippen LogP contribution in [0.1, 0.15) is 40.5 Å². The average Bonchev–Trinajstić information content (AvgIpc) is 2.40. The molecule has 0 rings (SSSR count). The molecular weight excluding hydrogens is 306 g/mol. The molecule has 21 heavy (non-hydrogen) atoms. The van der Waals surface area contributed by atoms with E-state index in [0.717, 1.165) is 18.6 Å². The largest absolute Gasteiger partial charge is 0.346 e. The molecule has 0 radical (unpaired) electrons. The summed E-state index contributed by atoms with van der Waals surface area (Å²) in [6.07, 6.45) is 6.53. The molecule has 0 aromatic heterocycles. The third-order valence-electron chi connectivity index (χ3n) is 2.82. The lowest BCUT2D eigenvalue weighted by Gasteiger charge is -2.14. The van der Waals surface area contributed by atoms with E-state index in [-0.39, 0.29) is 17.6 Å². The van der Waals surface area contributed by atoms with Crippen molar-refractivity contribution in [3.05, 3.63) is 23.3 Å². The number of ketones is 1. The number of carbonyl (C=O) groups is 2. The summed E-state index contributed by atoms with van der Waals surface area (Å²) in [6, 6.07) is -0.482. The molecule has 3 nitrogen and oxygen atoms in total. The molecule has 0 aromatic rings. The molecule has 5 heteroatoms. The second kappa shape index (κ2) is 11.9. The molecule has 120 valence electrons. The van der Waals surface area contributed by atoms with Gasteiger partial charge < -0.3 is 5.32 Å². The highest BCUT2D eigenvalue weighted by Gasteiger charge is 2.17. The van der Waals surface area contributed by atoms with Crippen LogP contribution in [0.15, 0.2) is 23.3 Å². The van der Waals surface area contributed by atoms with Crippen LogP contribution in [0.4, 0.5) is 0 Å². The van der Waals surface area contributed by atoms with Crippen molar-refractivity contribution in [3.63, 3.8) is 0 Å². The SMILES string of the molecule is CC(=O)N[C@@H](CSC/C=C(\C)CCC=C(C)C)C(=O)CCl. The Hall–Kier alpha value is -0.740. The second-order valence-electron chi connectivity index (χ2n) is 5.26. The van der Waals surface area contributed by atoms with E-state index >= 15 is 0 Å². The van der Waals surface area contributed by atoms with Gasteiger partial charge in [-0.05, 0) is 33.6 Å². The minimum absolute atomic E-state index is 0.0664. The number of Topliss-reactive ketones (excluding diaryl/α,β-unsaturated/α-hetero) is 1. The minimum atomic E-state index is -0.482. The lowest BCUT2D eigenvalue weighted by Crippen LogP contribution is -2.42. The first-order valence-electron chi connectivity index (χ1n) is 7.09. The summed E-state index contributed by atoms with van der Waals surface area (Å²) < 4.78 is 0. The van der Waals surface area contributed by atoms with Gasteiger partial charge in [-0.15, -0.1) is 11.6 Å². The van der Waals surface area contributed by atoms with Crippen LogP contribution < -0.4 is 5.32 Å². The Labute approximate surface area is 137 Å². The Morgan fingerprint density at radius 2 is 1.86 bits per heavy atom. The van der Waals surface area contributed by atoms with Crippen LogP contribution in [0.5, 0.6) is 0 Å². The Kier molecular flexibility index (Phi) is 11.5. The van der Waals surface area contributed by atoms with E-state index in [1.807, 2.05) is 0 Å². The zero-order valence-electron chi connectivity index (χ0n) is 13.4. The van der Waals surface area contributed by atoms with Gasteiger partial charge in [-0.1, -0.05) is 23.3 Å². The van der Waals surface area contributed by atoms with Gasteiger partial charge in [-0.2, -0.15) is 11.8 Å². The third kappa shape index (κ3) is 11.6. The first kappa shape index (κ1) is 20.3. The molecule has 1 amide bonds. The molecule has 0 aliphatic rings. The lowest BCUT2D eigenvalue weighted by atomic mass is 10.1. The minimum Gasteiger partial charge on any atom is -0.346 e. The highest BCUT2D eigenvalue weighted by atomic mass is 35.5. The summed E-state index contributed by atoms with van der Waals surface area (Å²) in [6.45, 7) is 7.73. The monoisotopic (exact) mass is 331 g/mol. The Morgan fingerprint density at radius 1 is 1.19 bits per heavy atom. The predicted molar refractivity (Wildman–Crippen MR) is 93.1 cm³/mol. The fraction of sp³-hybridized carbons (Fsp3) is 0.625. The van der Waals surface area contributed by atoms with Crippen LogP contribution >= 0.6 is 23.4 Å². The van der Waals surface area contributed by atoms with Gasteiger partial charge in [-0.3, -0.25) is 9.59 Å². The van der Waals surface area contributed by atoms with Crippen molar-refractivity contribution >= 4 is 35.1 Å². The van der Waals surface area contributed by atoms with Crippen LogP contribution in [0.2, 0.25) is 0 Å². The van der Waals surface area contributed by atoms with Gasteiger partial charge in [0.1, 0.15) is 0 Å². The van der Waals surface area contributed by atoms with Crippen molar-refractivity contribution in [2.24, 2.45) is 0 Å². The number of hydrogen-bond acceptors (Lipinski definition) is 3. The van der Waals surface area contributed by atoms with Crippen LogP contribution in [-0.2, 0) is 9.59 Å². The Bertz CT molecular complexity index is 401. The number of allylic oxidation sites excluding steroid dienone is 3. The zero-order valence-corrected chi connectivity index (χ0v) is 14.9. The van der Waals surface area contributed by atoms with Gasteiger partial charge in [0.2, 0.25) is 5.91 Å². The van der Waals surface area contributed by atoms with Gasteiger partial charge in [0.05, 0.1) is 11.9 Å². The number of alkyl halides is 1. The molecule has 0 unspecified atom stereocenters. The maximum Gasteiger partial charge on any atom is 0.217 e. The number of nitrogens with one attached hydrogen (secondary N) is 1. The summed E-state index contributed by atoms with van der Waals surface area (Å²) in [7, 11) is 0. The van der Waals surface area contributed by atoms with E-state index in [1.165, 1.54) is 18.1 Å². The number of rotatable bonds is 10. The molecule has 0 heterocycles. The van der Waals surface area contributed by atoms with Crippen LogP contribution in [-0.4, -0.2) is 35.1 Å². The Morgan fingerprint density at radius 3 is 2.38 bits per heavy atom. The number of amides is 1. The molecule has 0 saturated heterocycles. The van der Waals surface area contributed by atoms with Gasteiger partial charge in [0.15, 0.2) is 5.78 Å². The van der Waals surface area contributed by atoms with Gasteiger partial charge in [0, 0.05) is 18.4 Å². The summed E-state index contributed by atoms with van der Waals surface area (Å²) in [5.41, 5.74) is 2.69. The topological polar surface area (TPSA) is 46.2 Å². The van der Waals surface area contributed by atoms with E-state index < -0.39 is 6.04 Å². The van der Waals surface area contributed by atoms with Gasteiger partial charge in [-0.25, -0.2) is 0 Å². The van der Waals surface area contributed by atoms with E-state index in [1.54, 1.807) is 11.8 Å². The van der Waals surface area contributed by atoms with Crippen molar-refractivity contribution in [1.29, 1.82) is 0 Å². The van der Waals surface area contributed by atoms with Crippen LogP contribution in [0, 0.1) is 0 Å². The van der Waals surface area contributed by atoms with Crippen molar-refractivity contribution in [3.8, 4) is 0 Å². The molecule has 0 aromatic carbocycles. The molecule has 0 spiro atoms. The summed E-state index contributed by atoms with van der Waals surface area (Å²) in [5.74, 6) is 0.995. The van der Waals surface area contributed by atoms with E-state index in [4.69, 9.17) is 11.6 Å². The molecule has 0 fully saturated rings. The zero-order chi connectivity index (χ0) is 16.3. The fourth-order valence-electron chi connectivity index (χ4n) is 1.63. The standard InChI is InChI=1S/C16H26ClNO2S/c1-12(2)6-5-7-13(3)8-9-21-11-15(16(20)10-17)18-14(4)19/h6,8,15H,5,7,9-11H2,1-4H3,(H,18,19)/b13-8+/t15-/m0/s1. The molecule has 1 atom stereocenters. The molecular formula is C16H26ClNO2S. The van der Waals surface area contributed by atoms with Gasteiger partial charge in [0.25, 0.3) is 0 Å². The van der Waals surface area contributed by atoms with Crippen molar-refractivity contribution in [1.82, 2.24) is 5.32 Å². The molecule has 0 aliphatic carbocycles. The molecule has 1 N–H and O–H groups in total. The molecule has 0 bridgehead atoms. The second-order valence-corrected chi connectivity index (χ2v) is 6.60. The first-order valence-corrected chi connectivity index (χ1v) is 8.78. The normalized spacial score (nSPS) is 12.7. The number of carbonyl (C=O) groups excluding carboxylic acids is 2. The number of hydrogen-bond donors (Lipinski definition) is 1.